The van der Waals surface area contributed by atoms with Gasteiger partial charge in [0.05, 0.1) is 12.6 Å². The number of amides is 1. The summed E-state index contributed by atoms with van der Waals surface area (Å²) in [7, 11) is 0. The van der Waals surface area contributed by atoms with Gasteiger partial charge in [0.2, 0.25) is 6.54 Å². The van der Waals surface area contributed by atoms with Crippen molar-refractivity contribution in [1.29, 1.82) is 0 Å². The fraction of sp³-hybridized carbons (Fsp3) is 0.833. The van der Waals surface area contributed by atoms with Crippen molar-refractivity contribution in [2.75, 3.05) is 13.2 Å². The molecule has 0 aromatic heterocycles. The zero-order valence-electron chi connectivity index (χ0n) is 10.7. The van der Waals surface area contributed by atoms with Crippen LogP contribution in [0.5, 0.6) is 0 Å². The first-order valence-corrected chi connectivity index (χ1v) is 5.85. The Morgan fingerprint density at radius 3 is 2.71 bits per heavy atom. The molecule has 5 heteroatoms. The highest BCUT2D eigenvalue weighted by Crippen LogP contribution is 2.15. The van der Waals surface area contributed by atoms with E-state index in [9.17, 15) is 4.79 Å². The molecule has 1 saturated heterocycles. The molecule has 1 N–H and O–H groups in total. The van der Waals surface area contributed by atoms with Gasteiger partial charge < -0.3 is 19.6 Å². The van der Waals surface area contributed by atoms with Crippen molar-refractivity contribution in [3.05, 3.63) is 11.4 Å². The van der Waals surface area contributed by atoms with E-state index in [2.05, 4.69) is 10.2 Å². The summed E-state index contributed by atoms with van der Waals surface area (Å²) in [4.78, 5) is 14.8. The molecule has 1 aliphatic rings. The van der Waals surface area contributed by atoms with E-state index in [4.69, 9.17) is 16.0 Å². The number of nitrogens with zero attached hydrogens (tertiary/aromatic N) is 1. The highest BCUT2D eigenvalue weighted by Gasteiger charge is 2.26. The van der Waals surface area contributed by atoms with Crippen LogP contribution in [0.1, 0.15) is 33.6 Å². The average molecular weight is 240 g/mol. The summed E-state index contributed by atoms with van der Waals surface area (Å²) < 4.78 is 10.6. The Kier molecular flexibility index (Phi) is 4.76. The van der Waals surface area contributed by atoms with Crippen molar-refractivity contribution >= 4 is 6.09 Å². The number of hydrogen-bond acceptors (Lipinski definition) is 3. The van der Waals surface area contributed by atoms with E-state index in [0.29, 0.717) is 13.2 Å². The molecular formula is C12H20N2O3. The maximum absolute atomic E-state index is 11.5. The lowest BCUT2D eigenvalue weighted by atomic mass is 10.1. The molecule has 5 nitrogen and oxygen atoms in total. The summed E-state index contributed by atoms with van der Waals surface area (Å²) in [6, 6.07) is -0.00756. The molecule has 0 aliphatic carbocycles. The monoisotopic (exact) mass is 240 g/mol. The molecule has 0 unspecified atom stereocenters. The van der Waals surface area contributed by atoms with Crippen LogP contribution in [-0.2, 0) is 9.47 Å². The predicted octanol–water partition coefficient (Wildman–Crippen LogP) is 1.98. The van der Waals surface area contributed by atoms with Crippen LogP contribution >= 0.6 is 0 Å². The van der Waals surface area contributed by atoms with Crippen LogP contribution in [0.25, 0.3) is 4.85 Å². The number of carbonyl (C=O) groups excluding carboxylic acids is 1. The van der Waals surface area contributed by atoms with E-state index in [1.807, 2.05) is 20.8 Å². The van der Waals surface area contributed by atoms with E-state index in [0.717, 1.165) is 12.8 Å². The van der Waals surface area contributed by atoms with E-state index < -0.39 is 11.7 Å². The van der Waals surface area contributed by atoms with Crippen LogP contribution in [-0.4, -0.2) is 37.0 Å². The second-order valence-corrected chi connectivity index (χ2v) is 5.22. The maximum atomic E-state index is 11.5. The van der Waals surface area contributed by atoms with Crippen LogP contribution in [0.4, 0.5) is 4.79 Å². The van der Waals surface area contributed by atoms with Crippen LogP contribution in [0.2, 0.25) is 0 Å². The highest BCUT2D eigenvalue weighted by molar-refractivity contribution is 5.68. The molecule has 17 heavy (non-hydrogen) atoms. The first-order chi connectivity index (χ1) is 7.90. The van der Waals surface area contributed by atoms with E-state index in [1.165, 1.54) is 0 Å². The second kappa shape index (κ2) is 5.87. The summed E-state index contributed by atoms with van der Waals surface area (Å²) in [5.74, 6) is 0. The minimum Gasteiger partial charge on any atom is -0.444 e. The second-order valence-electron chi connectivity index (χ2n) is 5.22. The minimum atomic E-state index is -0.480. The van der Waals surface area contributed by atoms with Gasteiger partial charge in [-0.15, -0.1) is 0 Å². The lowest BCUT2D eigenvalue weighted by Gasteiger charge is -2.28. The summed E-state index contributed by atoms with van der Waals surface area (Å²) in [5, 5.41) is 2.77. The lowest BCUT2D eigenvalue weighted by molar-refractivity contribution is -0.00000571. The molecule has 2 atom stereocenters. The molecule has 0 saturated carbocycles. The van der Waals surface area contributed by atoms with Gasteiger partial charge in [0, 0.05) is 0 Å². The van der Waals surface area contributed by atoms with E-state index in [-0.39, 0.29) is 12.1 Å². The normalized spacial score (nSPS) is 24.8. The molecule has 96 valence electrons. The molecule has 0 bridgehead atoms. The van der Waals surface area contributed by atoms with Crippen LogP contribution in [0, 0.1) is 6.57 Å². The van der Waals surface area contributed by atoms with Gasteiger partial charge in [0.15, 0.2) is 0 Å². The third-order valence-corrected chi connectivity index (χ3v) is 2.39. The van der Waals surface area contributed by atoms with Crippen LogP contribution < -0.4 is 5.32 Å². The summed E-state index contributed by atoms with van der Waals surface area (Å²) in [6.45, 7) is 13.1. The SMILES string of the molecule is [C-]#[N+]C[C@H]1CC[C@H](NC(=O)OC(C)(C)C)CO1. The number of alkyl carbamates (subject to hydrolysis) is 1. The quantitative estimate of drug-likeness (QED) is 0.751. The molecule has 1 amide bonds. The van der Waals surface area contributed by atoms with Crippen molar-refractivity contribution < 1.29 is 14.3 Å². The average Bonchev–Trinajstić information content (AvgIpc) is 2.18. The van der Waals surface area contributed by atoms with Crippen LogP contribution in [0.3, 0.4) is 0 Å². The van der Waals surface area contributed by atoms with E-state index in [1.54, 1.807) is 0 Å². The summed E-state index contributed by atoms with van der Waals surface area (Å²) >= 11 is 0. The van der Waals surface area contributed by atoms with Crippen molar-refractivity contribution in [2.24, 2.45) is 0 Å². The standard InChI is InChI=1S/C12H20N2O3/c1-12(2,3)17-11(15)14-9-5-6-10(7-13-4)16-8-9/h9-10H,5-8H2,1-3H3,(H,14,15)/t9-,10+/m0/s1. The van der Waals surface area contributed by atoms with Gasteiger partial charge in [-0.2, -0.15) is 0 Å². The van der Waals surface area contributed by atoms with Gasteiger partial charge in [0.25, 0.3) is 0 Å². The molecule has 0 spiro atoms. The number of rotatable bonds is 2. The fourth-order valence-electron chi connectivity index (χ4n) is 1.64. The number of ether oxygens (including phenoxy) is 2. The Bertz CT molecular complexity index is 296. The van der Waals surface area contributed by atoms with Gasteiger partial charge in [-0.1, -0.05) is 0 Å². The molecule has 1 aliphatic heterocycles. The largest absolute Gasteiger partial charge is 0.444 e. The molecule has 1 fully saturated rings. The Balaban J connectivity index is 2.27. The number of nitrogens with one attached hydrogen (secondary N) is 1. The maximum Gasteiger partial charge on any atom is 0.407 e. The van der Waals surface area contributed by atoms with Crippen LogP contribution in [0.15, 0.2) is 0 Å². The van der Waals surface area contributed by atoms with Crippen molar-refractivity contribution in [3.63, 3.8) is 0 Å². The zero-order valence-corrected chi connectivity index (χ0v) is 10.7. The third kappa shape index (κ3) is 5.55. The van der Waals surface area contributed by atoms with Crippen molar-refractivity contribution in [2.45, 2.75) is 51.4 Å². The minimum absolute atomic E-state index is 0.00756. The topological polar surface area (TPSA) is 51.9 Å². The van der Waals surface area contributed by atoms with Gasteiger partial charge in [0.1, 0.15) is 11.7 Å². The Morgan fingerprint density at radius 1 is 1.53 bits per heavy atom. The zero-order chi connectivity index (χ0) is 12.9. The Hall–Kier alpha value is -1.28. The lowest BCUT2D eigenvalue weighted by Crippen LogP contribution is -2.45. The van der Waals surface area contributed by atoms with Gasteiger partial charge in [-0.05, 0) is 33.6 Å². The molecule has 0 aromatic carbocycles. The summed E-state index contributed by atoms with van der Waals surface area (Å²) in [5.41, 5.74) is -0.480. The number of hydrogen-bond donors (Lipinski definition) is 1. The van der Waals surface area contributed by atoms with Gasteiger partial charge in [-0.25, -0.2) is 11.4 Å². The first-order valence-electron chi connectivity index (χ1n) is 5.85. The van der Waals surface area contributed by atoms with Gasteiger partial charge in [-0.3, -0.25) is 0 Å². The molecule has 0 radical (unpaired) electrons. The molecule has 0 aromatic rings. The first kappa shape index (κ1) is 13.8. The highest BCUT2D eigenvalue weighted by atomic mass is 16.6. The van der Waals surface area contributed by atoms with E-state index >= 15 is 0 Å². The Labute approximate surface area is 102 Å². The number of carbonyl (C=O) groups is 1. The van der Waals surface area contributed by atoms with Crippen molar-refractivity contribution in [1.82, 2.24) is 5.32 Å². The Morgan fingerprint density at radius 2 is 2.24 bits per heavy atom. The van der Waals surface area contributed by atoms with Crippen molar-refractivity contribution in [3.8, 4) is 0 Å². The molecular weight excluding hydrogens is 220 g/mol. The smallest absolute Gasteiger partial charge is 0.407 e. The predicted molar refractivity (Wildman–Crippen MR) is 63.6 cm³/mol. The molecule has 1 heterocycles. The summed E-state index contributed by atoms with van der Waals surface area (Å²) in [6.07, 6.45) is 1.25. The third-order valence-electron chi connectivity index (χ3n) is 2.39. The fourth-order valence-corrected chi connectivity index (χ4v) is 1.64. The van der Waals surface area contributed by atoms with Gasteiger partial charge >= 0.3 is 6.09 Å². The molecule has 1 rings (SSSR count).